The smallest absolute Gasteiger partial charge is 0.366 e. The van der Waals surface area contributed by atoms with Crippen LogP contribution in [0.25, 0.3) is 0 Å². The van der Waals surface area contributed by atoms with E-state index in [1.54, 1.807) is 0 Å². The first-order valence-corrected chi connectivity index (χ1v) is 8.10. The molecular formula is C16H20F3N3. The molecule has 1 aromatic rings. The number of nitrogens with zero attached hydrogens (tertiary/aromatic N) is 2. The molecule has 3 heterocycles. The van der Waals surface area contributed by atoms with Crippen molar-refractivity contribution in [1.82, 2.24) is 4.98 Å². The Morgan fingerprint density at radius 3 is 2.86 bits per heavy atom. The first kappa shape index (κ1) is 14.2. The fourth-order valence-electron chi connectivity index (χ4n) is 4.10. The van der Waals surface area contributed by atoms with E-state index in [1.807, 2.05) is 12.1 Å². The highest BCUT2D eigenvalue weighted by Gasteiger charge is 2.42. The normalized spacial score (nSPS) is 30.9. The van der Waals surface area contributed by atoms with Crippen molar-refractivity contribution >= 4 is 11.5 Å². The van der Waals surface area contributed by atoms with Crippen molar-refractivity contribution in [2.45, 2.75) is 50.2 Å². The van der Waals surface area contributed by atoms with Crippen LogP contribution in [0.2, 0.25) is 0 Å². The molecule has 120 valence electrons. The Hall–Kier alpha value is -1.46. The summed E-state index contributed by atoms with van der Waals surface area (Å²) in [5.74, 6) is -0.376. The average Bonchev–Trinajstić information content (AvgIpc) is 2.88. The summed E-state index contributed by atoms with van der Waals surface area (Å²) in [6, 6.07) is 4.40. The van der Waals surface area contributed by atoms with Gasteiger partial charge in [-0.1, -0.05) is 6.42 Å². The Labute approximate surface area is 127 Å². The lowest BCUT2D eigenvalue weighted by atomic mass is 9.79. The highest BCUT2D eigenvalue weighted by Crippen LogP contribution is 2.44. The Morgan fingerprint density at radius 1 is 1.18 bits per heavy atom. The molecule has 6 heteroatoms. The van der Waals surface area contributed by atoms with Gasteiger partial charge in [0.05, 0.1) is 11.6 Å². The molecule has 0 amide bonds. The van der Waals surface area contributed by atoms with E-state index in [0.29, 0.717) is 12.5 Å². The number of halogens is 3. The van der Waals surface area contributed by atoms with Crippen LogP contribution in [0.15, 0.2) is 12.1 Å². The molecule has 3 unspecified atom stereocenters. The lowest BCUT2D eigenvalue weighted by Gasteiger charge is -2.32. The molecule has 0 spiro atoms. The van der Waals surface area contributed by atoms with Gasteiger partial charge in [-0.25, -0.2) is 4.98 Å². The molecule has 2 fully saturated rings. The number of alkyl halides is 3. The van der Waals surface area contributed by atoms with Crippen LogP contribution in [0, 0.1) is 5.92 Å². The van der Waals surface area contributed by atoms with E-state index in [2.05, 4.69) is 15.2 Å². The van der Waals surface area contributed by atoms with Crippen LogP contribution in [0.1, 0.15) is 43.7 Å². The number of rotatable bonds is 1. The highest BCUT2D eigenvalue weighted by atomic mass is 19.4. The molecule has 3 aliphatic rings. The summed E-state index contributed by atoms with van der Waals surface area (Å²) in [5, 5.41) is 3.43. The first-order chi connectivity index (χ1) is 10.5. The molecule has 4 rings (SSSR count). The maximum absolute atomic E-state index is 13.0. The van der Waals surface area contributed by atoms with Gasteiger partial charge in [-0.2, -0.15) is 13.2 Å². The van der Waals surface area contributed by atoms with Crippen LogP contribution in [0.5, 0.6) is 0 Å². The molecule has 2 bridgehead atoms. The van der Waals surface area contributed by atoms with Gasteiger partial charge in [-0.3, -0.25) is 0 Å². The van der Waals surface area contributed by atoms with Gasteiger partial charge in [-0.05, 0) is 37.8 Å². The van der Waals surface area contributed by atoms with E-state index in [9.17, 15) is 13.2 Å². The third-order valence-electron chi connectivity index (χ3n) is 5.32. The minimum absolute atomic E-state index is 0.0675. The topological polar surface area (TPSA) is 28.2 Å². The lowest BCUT2D eigenvalue weighted by molar-refractivity contribution is -0.183. The van der Waals surface area contributed by atoms with Crippen LogP contribution in [0.3, 0.4) is 0 Å². The molecule has 0 aromatic carbocycles. The maximum atomic E-state index is 13.0. The fraction of sp³-hybridized carbons (Fsp3) is 0.688. The second-order valence-electron chi connectivity index (χ2n) is 6.78. The number of hydrogen-bond acceptors (Lipinski definition) is 3. The largest absolute Gasteiger partial charge is 0.391 e. The van der Waals surface area contributed by atoms with E-state index < -0.39 is 12.1 Å². The molecule has 0 radical (unpaired) electrons. The van der Waals surface area contributed by atoms with E-state index in [1.165, 1.54) is 0 Å². The van der Waals surface area contributed by atoms with Crippen molar-refractivity contribution in [3.8, 4) is 0 Å². The summed E-state index contributed by atoms with van der Waals surface area (Å²) in [5.41, 5.74) is 1.92. The highest BCUT2D eigenvalue weighted by molar-refractivity contribution is 5.70. The monoisotopic (exact) mass is 311 g/mol. The minimum Gasteiger partial charge on any atom is -0.366 e. The third kappa shape index (κ3) is 2.42. The fourth-order valence-corrected chi connectivity index (χ4v) is 4.10. The number of anilines is 2. The lowest BCUT2D eigenvalue weighted by Crippen LogP contribution is -2.33. The number of hydrogen-bond donors (Lipinski definition) is 1. The van der Waals surface area contributed by atoms with Crippen molar-refractivity contribution < 1.29 is 13.2 Å². The molecule has 1 saturated carbocycles. The molecule has 1 saturated heterocycles. The Kier molecular flexibility index (Phi) is 3.24. The molecular weight excluding hydrogens is 291 g/mol. The van der Waals surface area contributed by atoms with Gasteiger partial charge < -0.3 is 10.2 Å². The number of nitrogens with one attached hydrogen (secondary N) is 1. The summed E-state index contributed by atoms with van der Waals surface area (Å²) in [6.07, 6.45) is -1.08. The van der Waals surface area contributed by atoms with Gasteiger partial charge in [0.15, 0.2) is 0 Å². The van der Waals surface area contributed by atoms with Gasteiger partial charge in [0.25, 0.3) is 0 Å². The first-order valence-electron chi connectivity index (χ1n) is 8.10. The Morgan fingerprint density at radius 2 is 2.05 bits per heavy atom. The van der Waals surface area contributed by atoms with Crippen molar-refractivity contribution in [3.63, 3.8) is 0 Å². The number of pyridine rings is 1. The Balaban J connectivity index is 1.57. The minimum atomic E-state index is -4.07. The van der Waals surface area contributed by atoms with Gasteiger partial charge in [0.1, 0.15) is 5.82 Å². The van der Waals surface area contributed by atoms with Gasteiger partial charge in [0, 0.05) is 30.7 Å². The molecule has 2 aliphatic heterocycles. The second kappa shape index (κ2) is 5.03. The molecule has 1 aliphatic carbocycles. The predicted molar refractivity (Wildman–Crippen MR) is 79.2 cm³/mol. The molecule has 3 atom stereocenters. The molecule has 1 aromatic heterocycles. The maximum Gasteiger partial charge on any atom is 0.391 e. The zero-order chi connectivity index (χ0) is 15.3. The summed E-state index contributed by atoms with van der Waals surface area (Å²) < 4.78 is 38.9. The van der Waals surface area contributed by atoms with Crippen molar-refractivity contribution in [2.75, 3.05) is 23.3 Å². The predicted octanol–water partition coefficient (Wildman–Crippen LogP) is 3.92. The average molecular weight is 311 g/mol. The van der Waals surface area contributed by atoms with Crippen molar-refractivity contribution in [1.29, 1.82) is 0 Å². The zero-order valence-electron chi connectivity index (χ0n) is 12.4. The number of aromatic nitrogens is 1. The summed E-state index contributed by atoms with van der Waals surface area (Å²) in [6.45, 7) is 2.04. The van der Waals surface area contributed by atoms with Crippen LogP contribution >= 0.6 is 0 Å². The SMILES string of the molecule is FC(F)(F)C1CCCC(c2ccc3c(n2)NC2CCN3C2)C1. The summed E-state index contributed by atoms with van der Waals surface area (Å²) in [4.78, 5) is 6.99. The van der Waals surface area contributed by atoms with Crippen molar-refractivity contribution in [2.24, 2.45) is 5.92 Å². The third-order valence-corrected chi connectivity index (χ3v) is 5.32. The Bertz CT molecular complexity index is 572. The number of fused-ring (bicyclic) bond motifs is 4. The standard InChI is InChI=1S/C16H20F3N3/c17-16(18,19)11-3-1-2-10(8-11)13-4-5-14-15(21-13)20-12-6-7-22(14)9-12/h4-5,10-12H,1-3,6-9H2,(H,20,21). The summed E-state index contributed by atoms with van der Waals surface area (Å²) in [7, 11) is 0. The van der Waals surface area contributed by atoms with E-state index >= 15 is 0 Å². The zero-order valence-corrected chi connectivity index (χ0v) is 12.4. The summed E-state index contributed by atoms with van der Waals surface area (Å²) >= 11 is 0. The quantitative estimate of drug-likeness (QED) is 0.852. The molecule has 3 nitrogen and oxygen atoms in total. The van der Waals surface area contributed by atoms with E-state index in [0.717, 1.165) is 43.1 Å². The van der Waals surface area contributed by atoms with Crippen LogP contribution in [-0.2, 0) is 0 Å². The molecule has 22 heavy (non-hydrogen) atoms. The van der Waals surface area contributed by atoms with Crippen molar-refractivity contribution in [3.05, 3.63) is 17.8 Å². The second-order valence-corrected chi connectivity index (χ2v) is 6.78. The van der Waals surface area contributed by atoms with Crippen LogP contribution in [0.4, 0.5) is 24.7 Å². The van der Waals surface area contributed by atoms with Gasteiger partial charge >= 0.3 is 6.18 Å². The van der Waals surface area contributed by atoms with Gasteiger partial charge in [0.2, 0.25) is 0 Å². The van der Waals surface area contributed by atoms with Crippen LogP contribution in [-0.4, -0.2) is 30.3 Å². The van der Waals surface area contributed by atoms with E-state index in [-0.39, 0.29) is 18.8 Å². The van der Waals surface area contributed by atoms with E-state index in [4.69, 9.17) is 0 Å². The van der Waals surface area contributed by atoms with Gasteiger partial charge in [-0.15, -0.1) is 0 Å². The molecule has 1 N–H and O–H groups in total. The van der Waals surface area contributed by atoms with Crippen LogP contribution < -0.4 is 10.2 Å².